The second-order valence-corrected chi connectivity index (χ2v) is 8.26. The molecule has 2 aromatic rings. The van der Waals surface area contributed by atoms with Crippen molar-refractivity contribution in [1.82, 2.24) is 14.5 Å². The highest BCUT2D eigenvalue weighted by Gasteiger charge is 2.29. The maximum Gasteiger partial charge on any atom is 0.308 e. The van der Waals surface area contributed by atoms with E-state index in [1.807, 2.05) is 6.92 Å². The van der Waals surface area contributed by atoms with Gasteiger partial charge in [-0.3, -0.25) is 9.69 Å². The van der Waals surface area contributed by atoms with Gasteiger partial charge in [-0.1, -0.05) is 12.5 Å². The number of fused-ring (bicyclic) bond motifs is 1. The SMILES string of the molecule is CCOC(=O)[C@H]1CC[C@@H](n2c(N)nc3cc(CN4CCCCC4)ccc32)CC1. The van der Waals surface area contributed by atoms with Crippen LogP contribution in [0.3, 0.4) is 0 Å². The summed E-state index contributed by atoms with van der Waals surface area (Å²) >= 11 is 0. The van der Waals surface area contributed by atoms with Gasteiger partial charge in [-0.2, -0.15) is 0 Å². The van der Waals surface area contributed by atoms with Crippen molar-refractivity contribution in [3.63, 3.8) is 0 Å². The number of esters is 1. The minimum absolute atomic E-state index is 0.0309. The van der Waals surface area contributed by atoms with Crippen molar-refractivity contribution >= 4 is 23.0 Å². The fourth-order valence-corrected chi connectivity index (χ4v) is 4.85. The molecule has 0 atom stereocenters. The topological polar surface area (TPSA) is 73.4 Å². The van der Waals surface area contributed by atoms with Crippen LogP contribution >= 0.6 is 0 Å². The molecule has 1 aromatic heterocycles. The van der Waals surface area contributed by atoms with Gasteiger partial charge < -0.3 is 15.0 Å². The Morgan fingerprint density at radius 2 is 1.93 bits per heavy atom. The largest absolute Gasteiger partial charge is 0.466 e. The Labute approximate surface area is 167 Å². The van der Waals surface area contributed by atoms with E-state index in [9.17, 15) is 4.79 Å². The zero-order chi connectivity index (χ0) is 19.5. The molecule has 0 amide bonds. The summed E-state index contributed by atoms with van der Waals surface area (Å²) < 4.78 is 7.37. The zero-order valence-electron chi connectivity index (χ0n) is 16.9. The molecule has 0 unspecified atom stereocenters. The maximum atomic E-state index is 12.0. The van der Waals surface area contributed by atoms with Crippen LogP contribution in [0.25, 0.3) is 11.0 Å². The highest BCUT2D eigenvalue weighted by atomic mass is 16.5. The molecule has 0 spiro atoms. The number of rotatable bonds is 5. The van der Waals surface area contributed by atoms with Gasteiger partial charge in [0.2, 0.25) is 5.95 Å². The smallest absolute Gasteiger partial charge is 0.308 e. The zero-order valence-corrected chi connectivity index (χ0v) is 16.9. The van der Waals surface area contributed by atoms with Crippen LogP contribution < -0.4 is 5.73 Å². The number of carbonyl (C=O) groups is 1. The van der Waals surface area contributed by atoms with Crippen molar-refractivity contribution < 1.29 is 9.53 Å². The minimum atomic E-state index is -0.0493. The molecule has 28 heavy (non-hydrogen) atoms. The summed E-state index contributed by atoms with van der Waals surface area (Å²) in [6.07, 6.45) is 7.56. The van der Waals surface area contributed by atoms with E-state index in [0.717, 1.165) is 43.3 Å². The van der Waals surface area contributed by atoms with E-state index in [2.05, 4.69) is 32.7 Å². The van der Waals surface area contributed by atoms with E-state index in [0.29, 0.717) is 18.6 Å². The number of benzene rings is 1. The summed E-state index contributed by atoms with van der Waals surface area (Å²) in [4.78, 5) is 19.2. The lowest BCUT2D eigenvalue weighted by Gasteiger charge is -2.29. The number of imidazole rings is 1. The van der Waals surface area contributed by atoms with Crippen LogP contribution in [0.4, 0.5) is 5.95 Å². The summed E-state index contributed by atoms with van der Waals surface area (Å²) in [5, 5.41) is 0. The lowest BCUT2D eigenvalue weighted by molar-refractivity contribution is -0.149. The first-order chi connectivity index (χ1) is 13.7. The van der Waals surface area contributed by atoms with Gasteiger partial charge in [0.05, 0.1) is 23.6 Å². The lowest BCUT2D eigenvalue weighted by Crippen LogP contribution is -2.29. The van der Waals surface area contributed by atoms with Crippen LogP contribution in [0.1, 0.15) is 63.5 Å². The number of piperidine rings is 1. The Hall–Kier alpha value is -2.08. The molecular formula is C22H32N4O2. The molecule has 1 saturated carbocycles. The quantitative estimate of drug-likeness (QED) is 0.792. The van der Waals surface area contributed by atoms with Crippen LogP contribution in [-0.2, 0) is 16.1 Å². The fraction of sp³-hybridized carbons (Fsp3) is 0.636. The number of nitrogens with zero attached hydrogens (tertiary/aromatic N) is 3. The summed E-state index contributed by atoms with van der Waals surface area (Å²) in [7, 11) is 0. The van der Waals surface area contributed by atoms with E-state index in [1.165, 1.54) is 37.9 Å². The van der Waals surface area contributed by atoms with Gasteiger partial charge in [0.25, 0.3) is 0 Å². The highest BCUT2D eigenvalue weighted by Crippen LogP contribution is 2.36. The summed E-state index contributed by atoms with van der Waals surface area (Å²) in [6, 6.07) is 6.90. The van der Waals surface area contributed by atoms with Crippen molar-refractivity contribution in [2.24, 2.45) is 5.92 Å². The van der Waals surface area contributed by atoms with E-state index < -0.39 is 0 Å². The Morgan fingerprint density at radius 3 is 2.64 bits per heavy atom. The number of ether oxygens (including phenoxy) is 1. The molecule has 1 aromatic carbocycles. The molecule has 1 aliphatic carbocycles. The molecule has 2 fully saturated rings. The Morgan fingerprint density at radius 1 is 1.18 bits per heavy atom. The van der Waals surface area contributed by atoms with Gasteiger partial charge in [-0.15, -0.1) is 0 Å². The third kappa shape index (κ3) is 4.02. The average molecular weight is 385 g/mol. The van der Waals surface area contributed by atoms with Gasteiger partial charge in [-0.25, -0.2) is 4.98 Å². The second kappa shape index (κ2) is 8.52. The number of hydrogen-bond donors (Lipinski definition) is 1. The lowest BCUT2D eigenvalue weighted by atomic mass is 9.86. The predicted octanol–water partition coefficient (Wildman–Crippen LogP) is 3.90. The molecule has 2 N–H and O–H groups in total. The summed E-state index contributed by atoms with van der Waals surface area (Å²) in [5.74, 6) is 0.569. The van der Waals surface area contributed by atoms with E-state index in [-0.39, 0.29) is 11.9 Å². The number of anilines is 1. The molecule has 1 saturated heterocycles. The highest BCUT2D eigenvalue weighted by molar-refractivity contribution is 5.79. The molecule has 0 bridgehead atoms. The van der Waals surface area contributed by atoms with Gasteiger partial charge in [0.1, 0.15) is 0 Å². The van der Waals surface area contributed by atoms with Crippen molar-refractivity contribution in [3.05, 3.63) is 23.8 Å². The summed E-state index contributed by atoms with van der Waals surface area (Å²) in [5.41, 5.74) is 9.72. The van der Waals surface area contributed by atoms with E-state index in [4.69, 9.17) is 10.5 Å². The molecule has 0 radical (unpaired) electrons. The van der Waals surface area contributed by atoms with Crippen LogP contribution in [0.5, 0.6) is 0 Å². The van der Waals surface area contributed by atoms with E-state index in [1.54, 1.807) is 0 Å². The molecule has 1 aliphatic heterocycles. The molecule has 6 heteroatoms. The Balaban J connectivity index is 1.47. The molecule has 152 valence electrons. The third-order valence-corrected chi connectivity index (χ3v) is 6.32. The Kier molecular flexibility index (Phi) is 5.85. The van der Waals surface area contributed by atoms with Crippen LogP contribution in [-0.4, -0.2) is 40.1 Å². The molecule has 6 nitrogen and oxygen atoms in total. The molecular weight excluding hydrogens is 352 g/mol. The van der Waals surface area contributed by atoms with Gasteiger partial charge in [0.15, 0.2) is 0 Å². The standard InChI is InChI=1S/C22H32N4O2/c1-2-28-21(27)17-7-9-18(10-8-17)26-20-11-6-16(14-19(20)24-22(26)23)15-25-12-4-3-5-13-25/h6,11,14,17-18H,2-5,7-10,12-13,15H2,1H3,(H2,23,24)/t17-,18+. The monoisotopic (exact) mass is 384 g/mol. The summed E-state index contributed by atoms with van der Waals surface area (Å²) in [6.45, 7) is 5.70. The van der Waals surface area contributed by atoms with Gasteiger partial charge >= 0.3 is 5.97 Å². The maximum absolute atomic E-state index is 12.0. The second-order valence-electron chi connectivity index (χ2n) is 8.26. The molecule has 2 heterocycles. The predicted molar refractivity (Wildman–Crippen MR) is 111 cm³/mol. The van der Waals surface area contributed by atoms with Crippen molar-refractivity contribution in [1.29, 1.82) is 0 Å². The first kappa shape index (κ1) is 19.2. The van der Waals surface area contributed by atoms with E-state index >= 15 is 0 Å². The fourth-order valence-electron chi connectivity index (χ4n) is 4.85. The molecule has 2 aliphatic rings. The number of nitrogen functional groups attached to an aromatic ring is 1. The molecule has 4 rings (SSSR count). The normalized spacial score (nSPS) is 23.8. The third-order valence-electron chi connectivity index (χ3n) is 6.32. The van der Waals surface area contributed by atoms with Crippen molar-refractivity contribution in [2.75, 3.05) is 25.4 Å². The van der Waals surface area contributed by atoms with Crippen LogP contribution in [0.15, 0.2) is 18.2 Å². The number of nitrogens with two attached hydrogens (primary N) is 1. The number of carbonyl (C=O) groups excluding carboxylic acids is 1. The first-order valence-corrected chi connectivity index (χ1v) is 10.8. The first-order valence-electron chi connectivity index (χ1n) is 10.8. The average Bonchev–Trinajstić information content (AvgIpc) is 3.04. The van der Waals surface area contributed by atoms with Gasteiger partial charge in [-0.05, 0) is 76.2 Å². The van der Waals surface area contributed by atoms with Gasteiger partial charge in [0, 0.05) is 12.6 Å². The van der Waals surface area contributed by atoms with Crippen LogP contribution in [0.2, 0.25) is 0 Å². The number of likely N-dealkylation sites (tertiary alicyclic amines) is 1. The number of aromatic nitrogens is 2. The minimum Gasteiger partial charge on any atom is -0.466 e. The number of hydrogen-bond acceptors (Lipinski definition) is 5. The van der Waals surface area contributed by atoms with Crippen LogP contribution in [0, 0.1) is 5.92 Å². The van der Waals surface area contributed by atoms with Crippen molar-refractivity contribution in [3.8, 4) is 0 Å². The Bertz CT molecular complexity index is 817. The van der Waals surface area contributed by atoms with Crippen molar-refractivity contribution in [2.45, 2.75) is 64.5 Å².